The SMILES string of the molecule is Cc1cc(CN[C@H]2CC[C@@H](Nc3cc(N(C)C)c4ccccc4n3)CC2)c(C)n1-c1ccccc1. The van der Waals surface area contributed by atoms with Gasteiger partial charge in [0.25, 0.3) is 0 Å². The topological polar surface area (TPSA) is 45.1 Å². The molecule has 0 amide bonds. The molecule has 0 unspecified atom stereocenters. The van der Waals surface area contributed by atoms with Crippen LogP contribution in [0, 0.1) is 13.8 Å². The van der Waals surface area contributed by atoms with Crippen LogP contribution >= 0.6 is 0 Å². The van der Waals surface area contributed by atoms with E-state index in [1.807, 2.05) is 0 Å². The van der Waals surface area contributed by atoms with Crippen molar-refractivity contribution in [3.63, 3.8) is 0 Å². The fraction of sp³-hybridized carbons (Fsp3) is 0.367. The lowest BCUT2D eigenvalue weighted by atomic mass is 9.91. The van der Waals surface area contributed by atoms with E-state index >= 15 is 0 Å². The van der Waals surface area contributed by atoms with E-state index in [1.165, 1.54) is 46.6 Å². The van der Waals surface area contributed by atoms with Crippen molar-refractivity contribution < 1.29 is 0 Å². The fourth-order valence-corrected chi connectivity index (χ4v) is 5.49. The van der Waals surface area contributed by atoms with Crippen molar-refractivity contribution in [1.29, 1.82) is 0 Å². The fourth-order valence-electron chi connectivity index (χ4n) is 5.49. The predicted octanol–water partition coefficient (Wildman–Crippen LogP) is 6.22. The lowest BCUT2D eigenvalue weighted by molar-refractivity contribution is 0.352. The number of fused-ring (bicyclic) bond motifs is 1. The Bertz CT molecular complexity index is 1280. The molecule has 0 aliphatic heterocycles. The first-order valence-corrected chi connectivity index (χ1v) is 12.8. The van der Waals surface area contributed by atoms with E-state index in [4.69, 9.17) is 4.98 Å². The number of nitrogens with one attached hydrogen (secondary N) is 2. The van der Waals surface area contributed by atoms with Gasteiger partial charge in [-0.3, -0.25) is 0 Å². The number of aryl methyl sites for hydroxylation is 1. The number of nitrogens with zero attached hydrogens (tertiary/aromatic N) is 3. The van der Waals surface area contributed by atoms with Gasteiger partial charge in [-0.15, -0.1) is 0 Å². The summed E-state index contributed by atoms with van der Waals surface area (Å²) >= 11 is 0. The quantitative estimate of drug-likeness (QED) is 0.339. The van der Waals surface area contributed by atoms with Crippen molar-refractivity contribution >= 4 is 22.4 Å². The highest BCUT2D eigenvalue weighted by molar-refractivity contribution is 5.93. The van der Waals surface area contributed by atoms with Crippen molar-refractivity contribution in [2.75, 3.05) is 24.3 Å². The molecule has 2 N–H and O–H groups in total. The van der Waals surface area contributed by atoms with Gasteiger partial charge < -0.3 is 20.1 Å². The van der Waals surface area contributed by atoms with Crippen molar-refractivity contribution in [1.82, 2.24) is 14.9 Å². The molecule has 0 spiro atoms. The minimum atomic E-state index is 0.472. The first-order valence-electron chi connectivity index (χ1n) is 12.8. The Balaban J connectivity index is 1.18. The van der Waals surface area contributed by atoms with Crippen LogP contribution in [0.4, 0.5) is 11.5 Å². The molecule has 5 rings (SSSR count). The third kappa shape index (κ3) is 5.06. The number of hydrogen-bond donors (Lipinski definition) is 2. The number of para-hydroxylation sites is 2. The van der Waals surface area contributed by atoms with E-state index < -0.39 is 0 Å². The zero-order valence-electron chi connectivity index (χ0n) is 21.4. The standard InChI is InChI=1S/C30H37N5/c1-21-18-23(22(2)35(21)26-10-6-5-7-11-26)20-31-24-14-16-25(17-15-24)32-30-19-29(34(3)4)27-12-8-9-13-28(27)33-30/h5-13,18-19,24-25,31H,14-17,20H2,1-4H3,(H,32,33)/t24-,25+. The highest BCUT2D eigenvalue weighted by atomic mass is 15.1. The van der Waals surface area contributed by atoms with Crippen molar-refractivity contribution in [2.24, 2.45) is 0 Å². The third-order valence-corrected chi connectivity index (χ3v) is 7.39. The van der Waals surface area contributed by atoms with E-state index in [2.05, 4.69) is 115 Å². The number of aromatic nitrogens is 2. The maximum Gasteiger partial charge on any atom is 0.128 e. The first kappa shape index (κ1) is 23.4. The van der Waals surface area contributed by atoms with Crippen LogP contribution in [0.5, 0.6) is 0 Å². The maximum atomic E-state index is 4.90. The van der Waals surface area contributed by atoms with Gasteiger partial charge in [-0.1, -0.05) is 36.4 Å². The van der Waals surface area contributed by atoms with Crippen LogP contribution in [0.15, 0.2) is 66.7 Å². The molecule has 2 heterocycles. The largest absolute Gasteiger partial charge is 0.377 e. The third-order valence-electron chi connectivity index (χ3n) is 7.39. The molecule has 1 aliphatic carbocycles. The van der Waals surface area contributed by atoms with Crippen LogP contribution in [0.25, 0.3) is 16.6 Å². The van der Waals surface area contributed by atoms with Gasteiger partial charge in [-0.2, -0.15) is 0 Å². The minimum Gasteiger partial charge on any atom is -0.377 e. The Morgan fingerprint density at radius 3 is 2.31 bits per heavy atom. The predicted molar refractivity (Wildman–Crippen MR) is 148 cm³/mol. The maximum absolute atomic E-state index is 4.90. The van der Waals surface area contributed by atoms with Crippen molar-refractivity contribution in [3.05, 3.63) is 83.7 Å². The molecule has 35 heavy (non-hydrogen) atoms. The number of pyridine rings is 1. The van der Waals surface area contributed by atoms with E-state index in [9.17, 15) is 0 Å². The van der Waals surface area contributed by atoms with Crippen LogP contribution in [-0.4, -0.2) is 35.7 Å². The molecule has 5 nitrogen and oxygen atoms in total. The molecular formula is C30H37N5. The number of rotatable bonds is 7. The van der Waals surface area contributed by atoms with E-state index in [-0.39, 0.29) is 0 Å². The molecule has 2 aromatic heterocycles. The van der Waals surface area contributed by atoms with Crippen LogP contribution in [-0.2, 0) is 6.54 Å². The summed E-state index contributed by atoms with van der Waals surface area (Å²) in [4.78, 5) is 7.07. The van der Waals surface area contributed by atoms with E-state index in [0.717, 1.165) is 30.7 Å². The van der Waals surface area contributed by atoms with Crippen molar-refractivity contribution in [3.8, 4) is 5.69 Å². The van der Waals surface area contributed by atoms with Gasteiger partial charge in [0, 0.05) is 66.9 Å². The molecular weight excluding hydrogens is 430 g/mol. The van der Waals surface area contributed by atoms with E-state index in [1.54, 1.807) is 0 Å². The minimum absolute atomic E-state index is 0.472. The molecule has 182 valence electrons. The van der Waals surface area contributed by atoms with Crippen LogP contribution < -0.4 is 15.5 Å². The van der Waals surface area contributed by atoms with Gasteiger partial charge in [-0.25, -0.2) is 4.98 Å². The number of anilines is 2. The summed E-state index contributed by atoms with van der Waals surface area (Å²) in [7, 11) is 4.19. The van der Waals surface area contributed by atoms with Crippen LogP contribution in [0.2, 0.25) is 0 Å². The van der Waals surface area contributed by atoms with Gasteiger partial charge in [0.1, 0.15) is 5.82 Å². The molecule has 2 aromatic carbocycles. The van der Waals surface area contributed by atoms with Crippen LogP contribution in [0.1, 0.15) is 42.6 Å². The number of hydrogen-bond acceptors (Lipinski definition) is 4. The van der Waals surface area contributed by atoms with Crippen LogP contribution in [0.3, 0.4) is 0 Å². The summed E-state index contributed by atoms with van der Waals surface area (Å²) in [5.41, 5.74) is 7.50. The van der Waals surface area contributed by atoms with Gasteiger partial charge >= 0.3 is 0 Å². The molecule has 5 heteroatoms. The average molecular weight is 468 g/mol. The zero-order chi connectivity index (χ0) is 24.4. The molecule has 4 aromatic rings. The molecule has 1 saturated carbocycles. The lowest BCUT2D eigenvalue weighted by Gasteiger charge is -2.30. The Morgan fingerprint density at radius 1 is 0.886 bits per heavy atom. The summed E-state index contributed by atoms with van der Waals surface area (Å²) < 4.78 is 2.36. The second-order valence-electron chi connectivity index (χ2n) is 10.1. The smallest absolute Gasteiger partial charge is 0.128 e. The Kier molecular flexibility index (Phi) is 6.78. The normalized spacial score (nSPS) is 18.1. The molecule has 0 saturated heterocycles. The first-order chi connectivity index (χ1) is 17.0. The zero-order valence-corrected chi connectivity index (χ0v) is 21.4. The van der Waals surface area contributed by atoms with Crippen molar-refractivity contribution in [2.45, 2.75) is 58.2 Å². The molecule has 0 atom stereocenters. The van der Waals surface area contributed by atoms with Gasteiger partial charge in [0.2, 0.25) is 0 Å². The summed E-state index contributed by atoms with van der Waals surface area (Å²) in [6.07, 6.45) is 4.69. The van der Waals surface area contributed by atoms with Gasteiger partial charge in [-0.05, 0) is 69.4 Å². The second-order valence-corrected chi connectivity index (χ2v) is 10.1. The summed E-state index contributed by atoms with van der Waals surface area (Å²) in [5.74, 6) is 0.983. The summed E-state index contributed by atoms with van der Waals surface area (Å²) in [6.45, 7) is 5.35. The molecule has 1 aliphatic rings. The average Bonchev–Trinajstić information content (AvgIpc) is 3.16. The molecule has 0 bridgehead atoms. The number of benzene rings is 2. The van der Waals surface area contributed by atoms with E-state index in [0.29, 0.717) is 12.1 Å². The lowest BCUT2D eigenvalue weighted by Crippen LogP contribution is -2.36. The van der Waals surface area contributed by atoms with Gasteiger partial charge in [0.05, 0.1) is 5.52 Å². The Labute approximate surface area is 209 Å². The summed E-state index contributed by atoms with van der Waals surface area (Å²) in [5, 5.41) is 8.77. The Hall–Kier alpha value is -3.31. The Morgan fingerprint density at radius 2 is 1.57 bits per heavy atom. The monoisotopic (exact) mass is 467 g/mol. The molecule has 0 radical (unpaired) electrons. The summed E-state index contributed by atoms with van der Waals surface area (Å²) in [6, 6.07) is 24.6. The molecule has 1 fully saturated rings. The second kappa shape index (κ2) is 10.1. The highest BCUT2D eigenvalue weighted by Gasteiger charge is 2.22. The van der Waals surface area contributed by atoms with Gasteiger partial charge in [0.15, 0.2) is 0 Å². The highest BCUT2D eigenvalue weighted by Crippen LogP contribution is 2.29.